The number of carbonyl (C=O) groups excluding carboxylic acids is 2. The number of carbonyl (C=O) groups is 2. The van der Waals surface area contributed by atoms with Gasteiger partial charge in [-0.2, -0.15) is 0 Å². The van der Waals surface area contributed by atoms with Gasteiger partial charge in [0.25, 0.3) is 0 Å². The van der Waals surface area contributed by atoms with Gasteiger partial charge in [0.2, 0.25) is 5.91 Å². The lowest BCUT2D eigenvalue weighted by atomic mass is 10.0. The predicted molar refractivity (Wildman–Crippen MR) is 297 cm³/mol. The molecule has 6 heteroatoms. The Labute approximate surface area is 425 Å². The second kappa shape index (κ2) is 58.2. The Morgan fingerprint density at radius 3 is 1.04 bits per heavy atom. The maximum atomic E-state index is 12.5. The average molecular weight is 961 g/mol. The van der Waals surface area contributed by atoms with Gasteiger partial charge in [0.1, 0.15) is 0 Å². The van der Waals surface area contributed by atoms with E-state index < -0.39 is 12.1 Å². The molecule has 68 heavy (non-hydrogen) atoms. The van der Waals surface area contributed by atoms with Crippen molar-refractivity contribution in [3.8, 4) is 0 Å². The number of nitrogens with one attached hydrogen (secondary N) is 1. The molecule has 0 aromatic carbocycles. The van der Waals surface area contributed by atoms with Crippen molar-refractivity contribution in [3.63, 3.8) is 0 Å². The van der Waals surface area contributed by atoms with Gasteiger partial charge in [0.15, 0.2) is 0 Å². The molecule has 0 aromatic heterocycles. The highest BCUT2D eigenvalue weighted by molar-refractivity contribution is 5.76. The SMILES string of the molecule is CCCCCCCCC/C=C\CCCCCCCC(=O)OCCCCCCCCCCCCCCCCCCCCCCCCCC(=O)NC(CO)C(O)CCCCCCCCCCCCCC. The van der Waals surface area contributed by atoms with Crippen molar-refractivity contribution in [1.82, 2.24) is 5.32 Å². The van der Waals surface area contributed by atoms with Crippen molar-refractivity contribution >= 4 is 11.9 Å². The van der Waals surface area contributed by atoms with Gasteiger partial charge in [0.05, 0.1) is 25.4 Å². The average Bonchev–Trinajstić information content (AvgIpc) is 3.34. The summed E-state index contributed by atoms with van der Waals surface area (Å²) in [6.07, 6.45) is 69.4. The van der Waals surface area contributed by atoms with Crippen LogP contribution in [0.5, 0.6) is 0 Å². The summed E-state index contributed by atoms with van der Waals surface area (Å²) in [5.74, 6) is -0.0258. The molecule has 404 valence electrons. The van der Waals surface area contributed by atoms with E-state index in [4.69, 9.17) is 4.74 Å². The van der Waals surface area contributed by atoms with Gasteiger partial charge >= 0.3 is 5.97 Å². The van der Waals surface area contributed by atoms with E-state index in [2.05, 4.69) is 31.3 Å². The van der Waals surface area contributed by atoms with Gasteiger partial charge in [-0.25, -0.2) is 0 Å². The highest BCUT2D eigenvalue weighted by atomic mass is 16.5. The van der Waals surface area contributed by atoms with Gasteiger partial charge < -0.3 is 20.3 Å². The molecule has 0 aliphatic heterocycles. The highest BCUT2D eigenvalue weighted by Crippen LogP contribution is 2.18. The van der Waals surface area contributed by atoms with E-state index in [-0.39, 0.29) is 18.5 Å². The molecule has 0 heterocycles. The number of aliphatic hydroxyl groups is 2. The summed E-state index contributed by atoms with van der Waals surface area (Å²) in [7, 11) is 0. The Kier molecular flexibility index (Phi) is 57.0. The Bertz CT molecular complexity index is 1020. The minimum absolute atomic E-state index is 0.00762. The largest absolute Gasteiger partial charge is 0.466 e. The number of hydrogen-bond donors (Lipinski definition) is 3. The first kappa shape index (κ1) is 66.6. The minimum Gasteiger partial charge on any atom is -0.466 e. The van der Waals surface area contributed by atoms with E-state index >= 15 is 0 Å². The van der Waals surface area contributed by atoms with E-state index in [0.29, 0.717) is 25.9 Å². The molecule has 0 fully saturated rings. The van der Waals surface area contributed by atoms with Crippen molar-refractivity contribution in [2.45, 2.75) is 360 Å². The number of rotatable bonds is 58. The second-order valence-corrected chi connectivity index (χ2v) is 21.4. The van der Waals surface area contributed by atoms with Crippen molar-refractivity contribution in [1.29, 1.82) is 0 Å². The molecule has 0 rings (SSSR count). The van der Waals surface area contributed by atoms with Crippen LogP contribution in [0.2, 0.25) is 0 Å². The van der Waals surface area contributed by atoms with Gasteiger partial charge in [-0.15, -0.1) is 0 Å². The Hall–Kier alpha value is -1.40. The zero-order chi connectivity index (χ0) is 49.3. The van der Waals surface area contributed by atoms with E-state index in [9.17, 15) is 19.8 Å². The lowest BCUT2D eigenvalue weighted by molar-refractivity contribution is -0.143. The Balaban J connectivity index is 3.35. The third-order valence-electron chi connectivity index (χ3n) is 14.6. The zero-order valence-corrected chi connectivity index (χ0v) is 46.1. The first-order valence-corrected chi connectivity index (χ1v) is 30.9. The number of allylic oxidation sites excluding steroid dienone is 2. The predicted octanol–water partition coefficient (Wildman–Crippen LogP) is 19.2. The van der Waals surface area contributed by atoms with Crippen LogP contribution in [-0.4, -0.2) is 47.4 Å². The lowest BCUT2D eigenvalue weighted by Gasteiger charge is -2.22. The fraction of sp³-hybridized carbons (Fsp3) is 0.935. The molecule has 0 aliphatic rings. The quantitative estimate of drug-likeness (QED) is 0.0321. The van der Waals surface area contributed by atoms with Crippen LogP contribution < -0.4 is 5.32 Å². The molecule has 1 amide bonds. The Morgan fingerprint density at radius 2 is 0.691 bits per heavy atom. The number of aliphatic hydroxyl groups excluding tert-OH is 2. The molecule has 0 spiro atoms. The molecule has 2 atom stereocenters. The fourth-order valence-corrected chi connectivity index (χ4v) is 9.81. The maximum Gasteiger partial charge on any atom is 0.305 e. The van der Waals surface area contributed by atoms with Crippen LogP contribution in [0.25, 0.3) is 0 Å². The summed E-state index contributed by atoms with van der Waals surface area (Å²) >= 11 is 0. The Morgan fingerprint density at radius 1 is 0.397 bits per heavy atom. The number of amides is 1. The topological polar surface area (TPSA) is 95.9 Å². The van der Waals surface area contributed by atoms with E-state index in [1.54, 1.807) is 0 Å². The molecule has 6 nitrogen and oxygen atoms in total. The molecule has 0 saturated carbocycles. The second-order valence-electron chi connectivity index (χ2n) is 21.4. The molecule has 0 bridgehead atoms. The first-order valence-electron chi connectivity index (χ1n) is 30.9. The molecule has 0 radical (unpaired) electrons. The van der Waals surface area contributed by atoms with E-state index in [1.807, 2.05) is 0 Å². The van der Waals surface area contributed by atoms with Crippen LogP contribution in [-0.2, 0) is 14.3 Å². The number of unbranched alkanes of at least 4 members (excludes halogenated alkanes) is 45. The summed E-state index contributed by atoms with van der Waals surface area (Å²) in [5.41, 5.74) is 0. The molecular formula is C62H121NO5. The van der Waals surface area contributed by atoms with E-state index in [0.717, 1.165) is 44.9 Å². The van der Waals surface area contributed by atoms with Gasteiger partial charge in [0, 0.05) is 12.8 Å². The van der Waals surface area contributed by atoms with Crippen molar-refractivity contribution < 1.29 is 24.5 Å². The smallest absolute Gasteiger partial charge is 0.305 e. The number of esters is 1. The summed E-state index contributed by atoms with van der Waals surface area (Å²) in [5, 5.41) is 23.2. The standard InChI is InChI=1S/C62H121NO5/c1-3-5-7-9-11-13-15-17-18-29-32-36-40-44-48-52-56-62(67)68-57-53-49-45-41-37-33-30-27-25-23-21-19-20-22-24-26-28-31-35-39-43-47-51-55-61(66)63-59(58-64)60(65)54-50-46-42-38-34-16-14-12-10-8-6-4-2/h18,29,59-60,64-65H,3-17,19-28,30-58H2,1-2H3,(H,63,66)/b29-18-. The minimum atomic E-state index is -0.662. The number of hydrogen-bond acceptors (Lipinski definition) is 5. The van der Waals surface area contributed by atoms with Crippen LogP contribution in [0.1, 0.15) is 348 Å². The third kappa shape index (κ3) is 53.9. The maximum absolute atomic E-state index is 12.5. The third-order valence-corrected chi connectivity index (χ3v) is 14.6. The van der Waals surface area contributed by atoms with Crippen molar-refractivity contribution in [2.75, 3.05) is 13.2 Å². The van der Waals surface area contributed by atoms with Crippen LogP contribution in [0.15, 0.2) is 12.2 Å². The van der Waals surface area contributed by atoms with Gasteiger partial charge in [-0.3, -0.25) is 9.59 Å². The van der Waals surface area contributed by atoms with Crippen LogP contribution in [0.4, 0.5) is 0 Å². The molecule has 2 unspecified atom stereocenters. The van der Waals surface area contributed by atoms with Crippen LogP contribution >= 0.6 is 0 Å². The van der Waals surface area contributed by atoms with Crippen LogP contribution in [0.3, 0.4) is 0 Å². The monoisotopic (exact) mass is 960 g/mol. The van der Waals surface area contributed by atoms with E-state index in [1.165, 1.54) is 270 Å². The summed E-state index contributed by atoms with van der Waals surface area (Å²) in [6, 6.07) is -0.539. The zero-order valence-electron chi connectivity index (χ0n) is 46.1. The highest BCUT2D eigenvalue weighted by Gasteiger charge is 2.20. The lowest BCUT2D eigenvalue weighted by Crippen LogP contribution is -2.45. The molecule has 0 saturated heterocycles. The van der Waals surface area contributed by atoms with Crippen LogP contribution in [0, 0.1) is 0 Å². The number of ether oxygens (including phenoxy) is 1. The fourth-order valence-electron chi connectivity index (χ4n) is 9.81. The first-order chi connectivity index (χ1) is 33.5. The van der Waals surface area contributed by atoms with Crippen molar-refractivity contribution in [3.05, 3.63) is 12.2 Å². The molecular weight excluding hydrogens is 839 g/mol. The summed E-state index contributed by atoms with van der Waals surface area (Å²) in [6.45, 7) is 4.96. The normalized spacial score (nSPS) is 12.6. The molecule has 0 aliphatic carbocycles. The molecule has 0 aromatic rings. The summed E-state index contributed by atoms with van der Waals surface area (Å²) in [4.78, 5) is 24.5. The van der Waals surface area contributed by atoms with Gasteiger partial charge in [-0.1, -0.05) is 296 Å². The molecule has 3 N–H and O–H groups in total. The van der Waals surface area contributed by atoms with Gasteiger partial charge in [-0.05, 0) is 51.4 Å². The van der Waals surface area contributed by atoms with Crippen molar-refractivity contribution in [2.24, 2.45) is 0 Å². The summed E-state index contributed by atoms with van der Waals surface area (Å²) < 4.78 is 5.49.